The second-order valence-corrected chi connectivity index (χ2v) is 7.99. The Morgan fingerprint density at radius 3 is 2.38 bits per heavy atom. The van der Waals surface area contributed by atoms with E-state index in [2.05, 4.69) is 48.9 Å². The normalized spacial score (nSPS) is 31.2. The maximum atomic E-state index is 3.84. The van der Waals surface area contributed by atoms with E-state index in [0.717, 1.165) is 23.5 Å². The molecule has 2 saturated carbocycles. The summed E-state index contributed by atoms with van der Waals surface area (Å²) in [6, 6.07) is 10.8. The van der Waals surface area contributed by atoms with Gasteiger partial charge in [-0.1, -0.05) is 76.9 Å². The molecule has 2 fully saturated rings. The first kappa shape index (κ1) is 21.6. The number of fused-ring (bicyclic) bond motifs is 2. The lowest BCUT2D eigenvalue weighted by Gasteiger charge is -2.49. The fourth-order valence-electron chi connectivity index (χ4n) is 4.20. The van der Waals surface area contributed by atoms with Gasteiger partial charge in [-0.25, -0.2) is 0 Å². The lowest BCUT2D eigenvalue weighted by molar-refractivity contribution is 0.0683. The predicted molar refractivity (Wildman–Crippen MR) is 111 cm³/mol. The maximum Gasteiger partial charge on any atom is 0.0330 e. The zero-order valence-electron chi connectivity index (χ0n) is 16.8. The molecule has 4 unspecified atom stereocenters. The van der Waals surface area contributed by atoms with E-state index in [4.69, 9.17) is 0 Å². The summed E-state index contributed by atoms with van der Waals surface area (Å²) in [7, 11) is 0. The van der Waals surface area contributed by atoms with Crippen molar-refractivity contribution in [3.63, 3.8) is 0 Å². The van der Waals surface area contributed by atoms with Crippen LogP contribution in [0.2, 0.25) is 0 Å². The van der Waals surface area contributed by atoms with Gasteiger partial charge in [0.15, 0.2) is 0 Å². The Balaban J connectivity index is 0.000000671. The van der Waals surface area contributed by atoms with Crippen LogP contribution in [-0.4, -0.2) is 5.54 Å². The van der Waals surface area contributed by atoms with Gasteiger partial charge in [0.25, 0.3) is 0 Å². The zero-order chi connectivity index (χ0) is 18.0. The molecule has 1 aromatic carbocycles. The molecule has 1 aromatic rings. The average Bonchev–Trinajstić information content (AvgIpc) is 2.63. The number of benzene rings is 1. The molecule has 2 bridgehead atoms. The molecule has 0 aliphatic heterocycles. The third-order valence-corrected chi connectivity index (χ3v) is 6.49. The molecule has 2 aliphatic carbocycles. The van der Waals surface area contributed by atoms with Crippen LogP contribution in [0.3, 0.4) is 0 Å². The Morgan fingerprint density at radius 1 is 1.04 bits per heavy atom. The molecule has 0 aromatic heterocycles. The lowest BCUT2D eigenvalue weighted by Crippen LogP contribution is -2.51. The van der Waals surface area contributed by atoms with Crippen LogP contribution in [0.1, 0.15) is 79.2 Å². The Hall–Kier alpha value is -0.470. The molecular formula is C22H39NS. The summed E-state index contributed by atoms with van der Waals surface area (Å²) in [5.74, 6) is 3.90. The zero-order valence-corrected chi connectivity index (χ0v) is 17.6. The Labute approximate surface area is 155 Å². The van der Waals surface area contributed by atoms with Crippen LogP contribution < -0.4 is 4.72 Å². The Kier molecular flexibility index (Phi) is 10.1. The van der Waals surface area contributed by atoms with Crippen molar-refractivity contribution in [3.8, 4) is 0 Å². The van der Waals surface area contributed by atoms with Crippen molar-refractivity contribution in [1.82, 2.24) is 4.72 Å². The monoisotopic (exact) mass is 349 g/mol. The Morgan fingerprint density at radius 2 is 1.71 bits per heavy atom. The van der Waals surface area contributed by atoms with Crippen molar-refractivity contribution >= 4 is 11.9 Å². The maximum absolute atomic E-state index is 3.84. The first-order chi connectivity index (χ1) is 11.7. The van der Waals surface area contributed by atoms with Crippen LogP contribution in [0.15, 0.2) is 30.3 Å². The van der Waals surface area contributed by atoms with Gasteiger partial charge in [0.2, 0.25) is 0 Å². The first-order valence-corrected chi connectivity index (χ1v) is 11.1. The SMILES string of the molecule is CC.CC.CC1CC2CCC(C)(NSCc3ccccc3)C(C1)C2. The largest absolute Gasteiger partial charge is 0.258 e. The van der Waals surface area contributed by atoms with Gasteiger partial charge in [-0.15, -0.1) is 0 Å². The highest BCUT2D eigenvalue weighted by atomic mass is 32.2. The van der Waals surface area contributed by atoms with Crippen molar-refractivity contribution in [2.45, 2.75) is 84.9 Å². The summed E-state index contributed by atoms with van der Waals surface area (Å²) in [5, 5.41) is 0. The Bertz CT molecular complexity index is 431. The third-order valence-electron chi connectivity index (χ3n) is 5.40. The van der Waals surface area contributed by atoms with Gasteiger partial charge in [-0.3, -0.25) is 4.72 Å². The van der Waals surface area contributed by atoms with Crippen LogP contribution >= 0.6 is 11.9 Å². The molecule has 0 saturated heterocycles. The second kappa shape index (κ2) is 11.2. The highest BCUT2D eigenvalue weighted by Crippen LogP contribution is 2.47. The van der Waals surface area contributed by atoms with E-state index in [1.54, 1.807) is 0 Å². The summed E-state index contributed by atoms with van der Waals surface area (Å²) in [4.78, 5) is 0. The quantitative estimate of drug-likeness (QED) is 0.583. The van der Waals surface area contributed by atoms with E-state index < -0.39 is 0 Å². The van der Waals surface area contributed by atoms with Crippen LogP contribution in [0.25, 0.3) is 0 Å². The number of rotatable bonds is 4. The standard InChI is InChI=1S/C18H27NS.2C2H6/c1-14-10-16-8-9-18(2,17(11-14)12-16)19-20-13-15-6-4-3-5-7-15;2*1-2/h3-7,14,16-17,19H,8-13H2,1-2H3;2*1-2H3. The third kappa shape index (κ3) is 6.11. The second-order valence-electron chi connectivity index (χ2n) is 7.21. The summed E-state index contributed by atoms with van der Waals surface area (Å²) in [6.45, 7) is 12.9. The van der Waals surface area contributed by atoms with Crippen molar-refractivity contribution < 1.29 is 0 Å². The van der Waals surface area contributed by atoms with E-state index in [0.29, 0.717) is 5.54 Å². The summed E-state index contributed by atoms with van der Waals surface area (Å²) in [5.41, 5.74) is 1.77. The van der Waals surface area contributed by atoms with Crippen LogP contribution in [0.4, 0.5) is 0 Å². The number of hydrogen-bond donors (Lipinski definition) is 1. The minimum Gasteiger partial charge on any atom is -0.258 e. The molecule has 24 heavy (non-hydrogen) atoms. The molecule has 3 rings (SSSR count). The molecule has 0 heterocycles. The molecule has 2 aliphatic rings. The van der Waals surface area contributed by atoms with Crippen LogP contribution in [-0.2, 0) is 5.75 Å². The molecule has 0 spiro atoms. The average molecular weight is 350 g/mol. The smallest absolute Gasteiger partial charge is 0.0330 e. The van der Waals surface area contributed by atoms with Gasteiger partial charge in [-0.2, -0.15) is 0 Å². The minimum absolute atomic E-state index is 0.352. The summed E-state index contributed by atoms with van der Waals surface area (Å²) >= 11 is 1.91. The summed E-state index contributed by atoms with van der Waals surface area (Å²) in [6.07, 6.45) is 7.14. The van der Waals surface area contributed by atoms with Gasteiger partial charge >= 0.3 is 0 Å². The van der Waals surface area contributed by atoms with Gasteiger partial charge in [0.05, 0.1) is 0 Å². The number of nitrogens with one attached hydrogen (secondary N) is 1. The van der Waals surface area contributed by atoms with E-state index in [1.807, 2.05) is 39.6 Å². The van der Waals surface area contributed by atoms with Crippen LogP contribution in [0, 0.1) is 17.8 Å². The topological polar surface area (TPSA) is 12.0 Å². The fourth-order valence-corrected chi connectivity index (χ4v) is 5.23. The molecule has 138 valence electrons. The molecule has 0 radical (unpaired) electrons. The minimum atomic E-state index is 0.352. The van der Waals surface area contributed by atoms with Gasteiger partial charge in [-0.05, 0) is 62.3 Å². The van der Waals surface area contributed by atoms with Crippen molar-refractivity contribution in [2.24, 2.45) is 17.8 Å². The molecule has 2 heteroatoms. The lowest BCUT2D eigenvalue weighted by atomic mass is 9.61. The van der Waals surface area contributed by atoms with Gasteiger partial charge in [0.1, 0.15) is 0 Å². The van der Waals surface area contributed by atoms with Crippen molar-refractivity contribution in [2.75, 3.05) is 0 Å². The van der Waals surface area contributed by atoms with Crippen molar-refractivity contribution in [1.29, 1.82) is 0 Å². The molecular weight excluding hydrogens is 310 g/mol. The van der Waals surface area contributed by atoms with Gasteiger partial charge < -0.3 is 0 Å². The highest BCUT2D eigenvalue weighted by molar-refractivity contribution is 7.96. The molecule has 1 nitrogen and oxygen atoms in total. The van der Waals surface area contributed by atoms with Crippen LogP contribution in [0.5, 0.6) is 0 Å². The van der Waals surface area contributed by atoms with Crippen molar-refractivity contribution in [3.05, 3.63) is 35.9 Å². The van der Waals surface area contributed by atoms with E-state index in [9.17, 15) is 0 Å². The summed E-state index contributed by atoms with van der Waals surface area (Å²) < 4.78 is 3.84. The first-order valence-electron chi connectivity index (χ1n) is 10.1. The highest BCUT2D eigenvalue weighted by Gasteiger charge is 2.43. The van der Waals surface area contributed by atoms with E-state index in [-0.39, 0.29) is 0 Å². The predicted octanol–water partition coefficient (Wildman–Crippen LogP) is 7.08. The molecule has 4 atom stereocenters. The molecule has 0 amide bonds. The fraction of sp³-hybridized carbons (Fsp3) is 0.727. The molecule has 1 N–H and O–H groups in total. The van der Waals surface area contributed by atoms with Gasteiger partial charge in [0, 0.05) is 11.3 Å². The van der Waals surface area contributed by atoms with E-state index in [1.165, 1.54) is 37.7 Å². The number of hydrogen-bond acceptors (Lipinski definition) is 2. The van der Waals surface area contributed by atoms with E-state index >= 15 is 0 Å².